The fourth-order valence-electron chi connectivity index (χ4n) is 3.15. The van der Waals surface area contributed by atoms with Crippen LogP contribution >= 0.6 is 0 Å². The summed E-state index contributed by atoms with van der Waals surface area (Å²) in [5, 5.41) is 0. The van der Waals surface area contributed by atoms with E-state index >= 15 is 0 Å². The van der Waals surface area contributed by atoms with Gasteiger partial charge in [0, 0.05) is 17.7 Å². The van der Waals surface area contributed by atoms with Gasteiger partial charge in [-0.3, -0.25) is 0 Å². The number of rotatable bonds is 1. The number of pyridine rings is 1. The molecule has 2 heterocycles. The first-order valence-corrected chi connectivity index (χ1v) is 6.63. The second kappa shape index (κ2) is 3.83. The zero-order valence-electron chi connectivity index (χ0n) is 10.7. The van der Waals surface area contributed by atoms with Crippen molar-refractivity contribution in [1.29, 1.82) is 0 Å². The lowest BCUT2D eigenvalue weighted by atomic mass is 9.72. The molecule has 0 radical (unpaired) electrons. The Balaban J connectivity index is 2.23. The van der Waals surface area contributed by atoms with Crippen LogP contribution in [0.3, 0.4) is 0 Å². The van der Waals surface area contributed by atoms with Crippen molar-refractivity contribution in [3.63, 3.8) is 0 Å². The Labute approximate surface area is 103 Å². The molecule has 0 N–H and O–H groups in total. The third-order valence-corrected chi connectivity index (χ3v) is 4.37. The first-order valence-electron chi connectivity index (χ1n) is 6.63. The van der Waals surface area contributed by atoms with Gasteiger partial charge in [0.15, 0.2) is 12.7 Å². The van der Waals surface area contributed by atoms with Crippen molar-refractivity contribution < 1.29 is 4.57 Å². The molecule has 1 aromatic rings. The molecule has 0 bridgehead atoms. The molecular formula is C16H20N+. The first kappa shape index (κ1) is 10.8. The lowest BCUT2D eigenvalue weighted by Gasteiger charge is -2.34. The van der Waals surface area contributed by atoms with Crippen LogP contribution in [0.1, 0.15) is 38.8 Å². The molecule has 1 nitrogen and oxygen atoms in total. The molecule has 0 aromatic carbocycles. The van der Waals surface area contributed by atoms with Crippen molar-refractivity contribution >= 4 is 5.57 Å². The predicted molar refractivity (Wildman–Crippen MR) is 70.3 cm³/mol. The molecule has 1 heteroatoms. The molecule has 0 saturated carbocycles. The van der Waals surface area contributed by atoms with Crippen molar-refractivity contribution in [2.24, 2.45) is 5.41 Å². The standard InChI is InChI=1S/C16H20N/c1-3-16(2)12-17-11-7-6-10-15(17)13-8-4-5-9-14(13)16/h5-7,9-11H,3-4,8,12H2,1-2H3/q+1. The summed E-state index contributed by atoms with van der Waals surface area (Å²) in [4.78, 5) is 0. The number of fused-ring (bicyclic) bond motifs is 2. The largest absolute Gasteiger partial charge is 0.208 e. The van der Waals surface area contributed by atoms with Crippen LogP contribution < -0.4 is 4.57 Å². The summed E-state index contributed by atoms with van der Waals surface area (Å²) in [7, 11) is 0. The smallest absolute Gasteiger partial charge is 0.198 e. The molecule has 0 spiro atoms. The topological polar surface area (TPSA) is 3.88 Å². The van der Waals surface area contributed by atoms with Gasteiger partial charge in [-0.15, -0.1) is 0 Å². The fourth-order valence-corrected chi connectivity index (χ4v) is 3.15. The summed E-state index contributed by atoms with van der Waals surface area (Å²) in [6, 6.07) is 6.57. The molecule has 3 rings (SSSR count). The Morgan fingerprint density at radius 1 is 1.35 bits per heavy atom. The highest BCUT2D eigenvalue weighted by molar-refractivity contribution is 5.70. The quantitative estimate of drug-likeness (QED) is 0.645. The van der Waals surface area contributed by atoms with Gasteiger partial charge >= 0.3 is 0 Å². The Morgan fingerprint density at radius 3 is 3.06 bits per heavy atom. The molecule has 0 amide bonds. The maximum absolute atomic E-state index is 2.43. The van der Waals surface area contributed by atoms with Crippen LogP contribution in [0.25, 0.3) is 5.57 Å². The molecule has 2 aliphatic rings. The molecule has 0 saturated heterocycles. The lowest BCUT2D eigenvalue weighted by Crippen LogP contribution is -2.49. The summed E-state index contributed by atoms with van der Waals surface area (Å²) in [6.45, 7) is 5.82. The number of aromatic nitrogens is 1. The van der Waals surface area contributed by atoms with Gasteiger partial charge in [0.2, 0.25) is 5.69 Å². The molecule has 1 aromatic heterocycles. The van der Waals surface area contributed by atoms with E-state index in [0.717, 1.165) is 6.54 Å². The van der Waals surface area contributed by atoms with Gasteiger partial charge in [-0.05, 0) is 37.8 Å². The molecule has 1 aliphatic carbocycles. The average Bonchev–Trinajstić information content (AvgIpc) is 2.39. The fraction of sp³-hybridized carbons (Fsp3) is 0.438. The van der Waals surface area contributed by atoms with Crippen LogP contribution in [0.5, 0.6) is 0 Å². The monoisotopic (exact) mass is 226 g/mol. The van der Waals surface area contributed by atoms with Gasteiger partial charge in [0.1, 0.15) is 0 Å². The minimum Gasteiger partial charge on any atom is -0.198 e. The van der Waals surface area contributed by atoms with Gasteiger partial charge in [0.05, 0.1) is 5.41 Å². The van der Waals surface area contributed by atoms with Crippen LogP contribution in [0, 0.1) is 5.41 Å². The van der Waals surface area contributed by atoms with E-state index in [9.17, 15) is 0 Å². The van der Waals surface area contributed by atoms with E-state index in [2.05, 4.69) is 55.0 Å². The van der Waals surface area contributed by atoms with Gasteiger partial charge in [-0.2, -0.15) is 4.57 Å². The van der Waals surface area contributed by atoms with Crippen molar-refractivity contribution in [1.82, 2.24) is 0 Å². The number of hydrogen-bond acceptors (Lipinski definition) is 0. The zero-order chi connectivity index (χ0) is 11.9. The number of hydrogen-bond donors (Lipinski definition) is 0. The number of nitrogens with zero attached hydrogens (tertiary/aromatic N) is 1. The SMILES string of the molecule is CCC1(C)C[n+]2ccccc2C2=C1C=CCC2. The zero-order valence-corrected chi connectivity index (χ0v) is 10.7. The molecule has 1 unspecified atom stereocenters. The van der Waals surface area contributed by atoms with E-state index in [1.54, 1.807) is 11.1 Å². The summed E-state index contributed by atoms with van der Waals surface area (Å²) in [6.07, 6.45) is 10.5. The third kappa shape index (κ3) is 1.56. The maximum atomic E-state index is 2.43. The summed E-state index contributed by atoms with van der Waals surface area (Å²) in [5.74, 6) is 0. The second-order valence-corrected chi connectivity index (χ2v) is 5.46. The van der Waals surface area contributed by atoms with Crippen LogP contribution in [-0.4, -0.2) is 0 Å². The van der Waals surface area contributed by atoms with E-state index < -0.39 is 0 Å². The second-order valence-electron chi connectivity index (χ2n) is 5.46. The van der Waals surface area contributed by atoms with E-state index in [0.29, 0.717) is 5.41 Å². The van der Waals surface area contributed by atoms with E-state index in [4.69, 9.17) is 0 Å². The first-order chi connectivity index (χ1) is 8.24. The Morgan fingerprint density at radius 2 is 2.24 bits per heavy atom. The third-order valence-electron chi connectivity index (χ3n) is 4.37. The summed E-state index contributed by atoms with van der Waals surface area (Å²) >= 11 is 0. The minimum atomic E-state index is 0.311. The minimum absolute atomic E-state index is 0.311. The van der Waals surface area contributed by atoms with Crippen LogP contribution in [0.4, 0.5) is 0 Å². The Bertz CT molecular complexity index is 510. The van der Waals surface area contributed by atoms with Crippen molar-refractivity contribution in [2.45, 2.75) is 39.7 Å². The molecule has 1 atom stereocenters. The Hall–Kier alpha value is -1.37. The van der Waals surface area contributed by atoms with Gasteiger partial charge < -0.3 is 0 Å². The van der Waals surface area contributed by atoms with Gasteiger partial charge in [0.25, 0.3) is 0 Å². The molecule has 88 valence electrons. The molecular weight excluding hydrogens is 206 g/mol. The van der Waals surface area contributed by atoms with Gasteiger partial charge in [-0.25, -0.2) is 0 Å². The molecule has 17 heavy (non-hydrogen) atoms. The van der Waals surface area contributed by atoms with Crippen molar-refractivity contribution in [3.8, 4) is 0 Å². The summed E-state index contributed by atoms with van der Waals surface area (Å²) in [5.41, 5.74) is 4.89. The summed E-state index contributed by atoms with van der Waals surface area (Å²) < 4.78 is 2.43. The van der Waals surface area contributed by atoms with Gasteiger partial charge in [-0.1, -0.05) is 19.1 Å². The van der Waals surface area contributed by atoms with E-state index in [-0.39, 0.29) is 0 Å². The highest BCUT2D eigenvalue weighted by atomic mass is 15.0. The predicted octanol–water partition coefficient (Wildman–Crippen LogP) is 3.51. The highest BCUT2D eigenvalue weighted by Crippen LogP contribution is 2.43. The van der Waals surface area contributed by atoms with Crippen molar-refractivity contribution in [3.05, 3.63) is 47.8 Å². The lowest BCUT2D eigenvalue weighted by molar-refractivity contribution is -0.712. The number of allylic oxidation sites excluding steroid dienone is 4. The van der Waals surface area contributed by atoms with Crippen LogP contribution in [0.15, 0.2) is 42.1 Å². The molecule has 0 fully saturated rings. The van der Waals surface area contributed by atoms with Crippen LogP contribution in [0.2, 0.25) is 0 Å². The normalized spacial score (nSPS) is 26.7. The maximum Gasteiger partial charge on any atom is 0.208 e. The molecule has 1 aliphatic heterocycles. The van der Waals surface area contributed by atoms with Crippen molar-refractivity contribution in [2.75, 3.05) is 0 Å². The van der Waals surface area contributed by atoms with E-state index in [1.165, 1.54) is 25.0 Å². The Kier molecular flexibility index (Phi) is 2.43. The van der Waals surface area contributed by atoms with E-state index in [1.807, 2.05) is 0 Å². The highest BCUT2D eigenvalue weighted by Gasteiger charge is 2.39. The van der Waals surface area contributed by atoms with Crippen LogP contribution in [-0.2, 0) is 6.54 Å². The average molecular weight is 226 g/mol.